The van der Waals surface area contributed by atoms with E-state index in [1.165, 1.54) is 18.2 Å². The number of ether oxygens (including phenoxy) is 1. The Bertz CT molecular complexity index is 704. The Kier molecular flexibility index (Phi) is 6.33. The molecule has 25 heavy (non-hydrogen) atoms. The molecule has 132 valence electrons. The van der Waals surface area contributed by atoms with E-state index in [4.69, 9.17) is 4.74 Å². The standard InChI is InChI=1S/C18H22N4O3/c1-21(15-7-5-4-6-8-15)11-12-22(2)18(24)17(23)20-14-9-10-16(25-3)19-13-14/h4-10,13H,11-12H2,1-3H3,(H,20,23). The number of para-hydroxylation sites is 1. The highest BCUT2D eigenvalue weighted by Crippen LogP contribution is 2.12. The van der Waals surface area contributed by atoms with Gasteiger partial charge in [0.15, 0.2) is 0 Å². The summed E-state index contributed by atoms with van der Waals surface area (Å²) < 4.78 is 4.95. The van der Waals surface area contributed by atoms with Crippen LogP contribution in [0.3, 0.4) is 0 Å². The van der Waals surface area contributed by atoms with Gasteiger partial charge in [0.25, 0.3) is 0 Å². The quantitative estimate of drug-likeness (QED) is 0.808. The molecule has 1 heterocycles. The van der Waals surface area contributed by atoms with E-state index < -0.39 is 11.8 Å². The van der Waals surface area contributed by atoms with Crippen molar-refractivity contribution in [1.29, 1.82) is 0 Å². The minimum atomic E-state index is -0.697. The van der Waals surface area contributed by atoms with Gasteiger partial charge in [-0.1, -0.05) is 18.2 Å². The van der Waals surface area contributed by atoms with Crippen molar-refractivity contribution in [2.75, 3.05) is 44.5 Å². The van der Waals surface area contributed by atoms with Gasteiger partial charge < -0.3 is 19.9 Å². The first kappa shape index (κ1) is 18.3. The Balaban J connectivity index is 1.84. The summed E-state index contributed by atoms with van der Waals surface area (Å²) in [4.78, 5) is 31.6. The first-order valence-electron chi connectivity index (χ1n) is 7.84. The van der Waals surface area contributed by atoms with Crippen LogP contribution < -0.4 is 15.0 Å². The lowest BCUT2D eigenvalue weighted by atomic mass is 10.3. The summed E-state index contributed by atoms with van der Waals surface area (Å²) in [6, 6.07) is 13.1. The fraction of sp³-hybridized carbons (Fsp3) is 0.278. The van der Waals surface area contributed by atoms with Gasteiger partial charge in [0.05, 0.1) is 19.0 Å². The lowest BCUT2D eigenvalue weighted by Crippen LogP contribution is -2.40. The molecule has 1 aromatic heterocycles. The van der Waals surface area contributed by atoms with E-state index in [1.807, 2.05) is 42.3 Å². The summed E-state index contributed by atoms with van der Waals surface area (Å²) in [5.41, 5.74) is 1.49. The third-order valence-corrected chi connectivity index (χ3v) is 3.71. The van der Waals surface area contributed by atoms with Crippen molar-refractivity contribution in [3.05, 3.63) is 48.7 Å². The highest BCUT2D eigenvalue weighted by molar-refractivity contribution is 6.39. The lowest BCUT2D eigenvalue weighted by Gasteiger charge is -2.23. The van der Waals surface area contributed by atoms with Crippen LogP contribution in [0.2, 0.25) is 0 Å². The van der Waals surface area contributed by atoms with Crippen molar-refractivity contribution in [2.45, 2.75) is 0 Å². The highest BCUT2D eigenvalue weighted by Gasteiger charge is 2.19. The van der Waals surface area contributed by atoms with Crippen molar-refractivity contribution in [3.63, 3.8) is 0 Å². The molecule has 0 atom stereocenters. The Hall–Kier alpha value is -3.09. The second-order valence-corrected chi connectivity index (χ2v) is 5.53. The number of aromatic nitrogens is 1. The number of benzene rings is 1. The maximum Gasteiger partial charge on any atom is 0.313 e. The Labute approximate surface area is 147 Å². The fourth-order valence-corrected chi connectivity index (χ4v) is 2.15. The van der Waals surface area contributed by atoms with Crippen molar-refractivity contribution >= 4 is 23.2 Å². The molecule has 0 aliphatic carbocycles. The van der Waals surface area contributed by atoms with Crippen LogP contribution in [0.4, 0.5) is 11.4 Å². The number of carbonyl (C=O) groups is 2. The summed E-state index contributed by atoms with van der Waals surface area (Å²) in [6.45, 7) is 1.04. The molecule has 0 fully saturated rings. The molecule has 0 saturated heterocycles. The number of anilines is 2. The third-order valence-electron chi connectivity index (χ3n) is 3.71. The normalized spacial score (nSPS) is 10.0. The molecule has 0 aliphatic heterocycles. The van der Waals surface area contributed by atoms with Crippen LogP contribution in [0.25, 0.3) is 0 Å². The van der Waals surface area contributed by atoms with Crippen molar-refractivity contribution < 1.29 is 14.3 Å². The van der Waals surface area contributed by atoms with Crippen LogP contribution in [0.15, 0.2) is 48.7 Å². The maximum atomic E-state index is 12.2. The number of rotatable bonds is 6. The Morgan fingerprint density at radius 2 is 1.80 bits per heavy atom. The van der Waals surface area contributed by atoms with E-state index >= 15 is 0 Å². The number of nitrogens with zero attached hydrogens (tertiary/aromatic N) is 3. The maximum absolute atomic E-state index is 12.2. The number of carbonyl (C=O) groups excluding carboxylic acids is 2. The molecule has 0 saturated carbocycles. The molecular weight excluding hydrogens is 320 g/mol. The van der Waals surface area contributed by atoms with E-state index in [-0.39, 0.29) is 0 Å². The second kappa shape index (κ2) is 8.68. The van der Waals surface area contributed by atoms with E-state index in [0.29, 0.717) is 24.7 Å². The molecule has 1 aromatic carbocycles. The first-order chi connectivity index (χ1) is 12.0. The molecule has 0 aliphatic rings. The van der Waals surface area contributed by atoms with Crippen molar-refractivity contribution in [2.24, 2.45) is 0 Å². The molecule has 2 rings (SSSR count). The van der Waals surface area contributed by atoms with Gasteiger partial charge in [-0.2, -0.15) is 0 Å². The van der Waals surface area contributed by atoms with Crippen LogP contribution in [0.1, 0.15) is 0 Å². The minimum absolute atomic E-state index is 0.429. The third kappa shape index (κ3) is 5.20. The van der Waals surface area contributed by atoms with E-state index in [9.17, 15) is 9.59 Å². The number of likely N-dealkylation sites (N-methyl/N-ethyl adjacent to an activating group) is 2. The van der Waals surface area contributed by atoms with Crippen molar-refractivity contribution in [1.82, 2.24) is 9.88 Å². The van der Waals surface area contributed by atoms with Crippen LogP contribution in [0, 0.1) is 0 Å². The van der Waals surface area contributed by atoms with E-state index in [2.05, 4.69) is 10.3 Å². The smallest absolute Gasteiger partial charge is 0.313 e. The van der Waals surface area contributed by atoms with Gasteiger partial charge in [-0.05, 0) is 18.2 Å². The van der Waals surface area contributed by atoms with E-state index in [0.717, 1.165) is 5.69 Å². The Morgan fingerprint density at radius 3 is 2.40 bits per heavy atom. The molecule has 7 heteroatoms. The van der Waals surface area contributed by atoms with Gasteiger partial charge in [-0.15, -0.1) is 0 Å². The van der Waals surface area contributed by atoms with Gasteiger partial charge >= 0.3 is 11.8 Å². The molecule has 0 bridgehead atoms. The number of nitrogens with one attached hydrogen (secondary N) is 1. The molecule has 7 nitrogen and oxygen atoms in total. The summed E-state index contributed by atoms with van der Waals surface area (Å²) in [5.74, 6) is -0.862. The van der Waals surface area contributed by atoms with E-state index in [1.54, 1.807) is 19.2 Å². The summed E-state index contributed by atoms with van der Waals surface area (Å²) in [5, 5.41) is 2.53. The van der Waals surface area contributed by atoms with Gasteiger partial charge in [-0.3, -0.25) is 9.59 Å². The van der Waals surface area contributed by atoms with Crippen LogP contribution in [0.5, 0.6) is 5.88 Å². The van der Waals surface area contributed by atoms with Crippen LogP contribution in [-0.2, 0) is 9.59 Å². The average Bonchev–Trinajstić information content (AvgIpc) is 2.66. The lowest BCUT2D eigenvalue weighted by molar-refractivity contribution is -0.142. The second-order valence-electron chi connectivity index (χ2n) is 5.53. The number of hydrogen-bond donors (Lipinski definition) is 1. The van der Waals surface area contributed by atoms with Crippen LogP contribution in [-0.4, -0.2) is 56.0 Å². The van der Waals surface area contributed by atoms with Gasteiger partial charge in [0.1, 0.15) is 0 Å². The largest absolute Gasteiger partial charge is 0.481 e. The molecule has 2 aromatic rings. The highest BCUT2D eigenvalue weighted by atomic mass is 16.5. The first-order valence-corrected chi connectivity index (χ1v) is 7.84. The topological polar surface area (TPSA) is 74.8 Å². The average molecular weight is 342 g/mol. The monoisotopic (exact) mass is 342 g/mol. The Morgan fingerprint density at radius 1 is 1.08 bits per heavy atom. The molecule has 0 unspecified atom stereocenters. The number of hydrogen-bond acceptors (Lipinski definition) is 5. The minimum Gasteiger partial charge on any atom is -0.481 e. The zero-order valence-corrected chi connectivity index (χ0v) is 14.6. The summed E-state index contributed by atoms with van der Waals surface area (Å²) in [6.07, 6.45) is 1.44. The molecule has 0 spiro atoms. The van der Waals surface area contributed by atoms with Gasteiger partial charge in [0, 0.05) is 38.9 Å². The molecule has 1 N–H and O–H groups in total. The molecule has 2 amide bonds. The van der Waals surface area contributed by atoms with Crippen LogP contribution >= 0.6 is 0 Å². The number of pyridine rings is 1. The summed E-state index contributed by atoms with van der Waals surface area (Å²) >= 11 is 0. The zero-order valence-electron chi connectivity index (χ0n) is 14.6. The van der Waals surface area contributed by atoms with Gasteiger partial charge in [-0.25, -0.2) is 4.98 Å². The predicted molar refractivity (Wildman–Crippen MR) is 96.8 cm³/mol. The zero-order chi connectivity index (χ0) is 18.2. The SMILES string of the molecule is COc1ccc(NC(=O)C(=O)N(C)CCN(C)c2ccccc2)cn1. The number of methoxy groups -OCH3 is 1. The van der Waals surface area contributed by atoms with Gasteiger partial charge in [0.2, 0.25) is 5.88 Å². The predicted octanol–water partition coefficient (Wildman–Crippen LogP) is 1.62. The number of amides is 2. The van der Waals surface area contributed by atoms with Crippen molar-refractivity contribution in [3.8, 4) is 5.88 Å². The molecular formula is C18H22N4O3. The summed E-state index contributed by atoms with van der Waals surface area (Å²) in [7, 11) is 5.05. The fourth-order valence-electron chi connectivity index (χ4n) is 2.15. The molecule has 0 radical (unpaired) electrons.